The van der Waals surface area contributed by atoms with Crippen LogP contribution in [0.5, 0.6) is 0 Å². The van der Waals surface area contributed by atoms with E-state index in [0.29, 0.717) is 13.1 Å². The molecule has 0 saturated carbocycles. The summed E-state index contributed by atoms with van der Waals surface area (Å²) in [7, 11) is 0. The Labute approximate surface area is 136 Å². The van der Waals surface area contributed by atoms with Crippen LogP contribution in [0.25, 0.3) is 0 Å². The van der Waals surface area contributed by atoms with Gasteiger partial charge in [-0.3, -0.25) is 9.59 Å². The topological polar surface area (TPSA) is 149 Å². The fourth-order valence-corrected chi connectivity index (χ4v) is 1.61. The average Bonchev–Trinajstić information content (AvgIpc) is 2.44. The number of nitrogens with one attached hydrogen (secondary N) is 3. The summed E-state index contributed by atoms with van der Waals surface area (Å²) < 4.78 is 5.12. The number of ether oxygens (including phenoxy) is 1. The number of rotatable bonds is 9. The Hall–Kier alpha value is -1.87. The molecule has 0 aromatic rings. The van der Waals surface area contributed by atoms with E-state index in [1.807, 2.05) is 0 Å². The molecule has 0 bridgehead atoms. The molecule has 0 aliphatic heterocycles. The molecule has 0 saturated heterocycles. The summed E-state index contributed by atoms with van der Waals surface area (Å²) in [5, 5.41) is 7.66. The highest BCUT2D eigenvalue weighted by Crippen LogP contribution is 2.08. The number of carbonyl (C=O) groups excluding carboxylic acids is 3. The zero-order chi connectivity index (χ0) is 17.9. The first-order valence-corrected chi connectivity index (χ1v) is 7.63. The summed E-state index contributed by atoms with van der Waals surface area (Å²) in [6, 6.07) is -0.875. The van der Waals surface area contributed by atoms with Crippen molar-refractivity contribution >= 4 is 17.9 Å². The molecule has 0 heterocycles. The molecule has 134 valence electrons. The summed E-state index contributed by atoms with van der Waals surface area (Å²) in [4.78, 5) is 35.4. The summed E-state index contributed by atoms with van der Waals surface area (Å²) >= 11 is 0. The molecule has 0 aromatic heterocycles. The van der Waals surface area contributed by atoms with Gasteiger partial charge in [0.05, 0.1) is 0 Å². The highest BCUT2D eigenvalue weighted by Gasteiger charge is 2.24. The molecule has 9 nitrogen and oxygen atoms in total. The predicted octanol–water partition coefficient (Wildman–Crippen LogP) is -1.19. The minimum atomic E-state index is -0.875. The lowest BCUT2D eigenvalue weighted by Gasteiger charge is -2.23. The van der Waals surface area contributed by atoms with E-state index < -0.39 is 23.6 Å². The van der Waals surface area contributed by atoms with E-state index in [1.165, 1.54) is 0 Å². The Kier molecular flexibility index (Phi) is 9.91. The number of carbonyl (C=O) groups is 3. The zero-order valence-corrected chi connectivity index (χ0v) is 14.1. The molecule has 0 unspecified atom stereocenters. The molecule has 9 heteroatoms. The normalized spacial score (nSPS) is 12.2. The van der Waals surface area contributed by atoms with Crippen LogP contribution in [0.2, 0.25) is 0 Å². The SMILES string of the molecule is CC(C)(C)OC(=O)N[C@H](CCC(=O)NCCN)C(=O)NCCN. The van der Waals surface area contributed by atoms with Crippen LogP contribution >= 0.6 is 0 Å². The van der Waals surface area contributed by atoms with Gasteiger partial charge in [-0.1, -0.05) is 0 Å². The van der Waals surface area contributed by atoms with Crippen LogP contribution < -0.4 is 27.4 Å². The van der Waals surface area contributed by atoms with Crippen LogP contribution in [-0.2, 0) is 14.3 Å². The van der Waals surface area contributed by atoms with Gasteiger partial charge in [-0.25, -0.2) is 4.79 Å². The van der Waals surface area contributed by atoms with Gasteiger partial charge in [0, 0.05) is 32.6 Å². The zero-order valence-electron chi connectivity index (χ0n) is 14.1. The summed E-state index contributed by atoms with van der Waals surface area (Å²) in [6.07, 6.45) is -0.490. The molecule has 7 N–H and O–H groups in total. The Balaban J connectivity index is 4.59. The third-order valence-corrected chi connectivity index (χ3v) is 2.58. The monoisotopic (exact) mass is 331 g/mol. The van der Waals surface area contributed by atoms with E-state index in [-0.39, 0.29) is 31.8 Å². The van der Waals surface area contributed by atoms with Gasteiger partial charge in [0.25, 0.3) is 0 Å². The Morgan fingerprint density at radius 3 is 2.13 bits per heavy atom. The van der Waals surface area contributed by atoms with Crippen molar-refractivity contribution in [2.24, 2.45) is 11.5 Å². The molecule has 0 aliphatic carbocycles. The Bertz CT molecular complexity index is 395. The maximum atomic E-state index is 12.0. The Morgan fingerprint density at radius 2 is 1.61 bits per heavy atom. The van der Waals surface area contributed by atoms with Gasteiger partial charge < -0.3 is 32.2 Å². The molecule has 0 aliphatic rings. The van der Waals surface area contributed by atoms with Crippen LogP contribution in [0.1, 0.15) is 33.6 Å². The van der Waals surface area contributed by atoms with Crippen LogP contribution in [0, 0.1) is 0 Å². The minimum Gasteiger partial charge on any atom is -0.444 e. The molecule has 0 spiro atoms. The van der Waals surface area contributed by atoms with Crippen molar-refractivity contribution < 1.29 is 19.1 Å². The lowest BCUT2D eigenvalue weighted by atomic mass is 10.1. The smallest absolute Gasteiger partial charge is 0.408 e. The Morgan fingerprint density at radius 1 is 1.04 bits per heavy atom. The lowest BCUT2D eigenvalue weighted by molar-refractivity contribution is -0.124. The van der Waals surface area contributed by atoms with Gasteiger partial charge in [0.15, 0.2) is 0 Å². The molecule has 0 radical (unpaired) electrons. The number of hydrogen-bond acceptors (Lipinski definition) is 6. The van der Waals surface area contributed by atoms with Crippen molar-refractivity contribution in [3.8, 4) is 0 Å². The van der Waals surface area contributed by atoms with Gasteiger partial charge in [-0.2, -0.15) is 0 Å². The number of nitrogens with two attached hydrogens (primary N) is 2. The third kappa shape index (κ3) is 11.4. The largest absolute Gasteiger partial charge is 0.444 e. The highest BCUT2D eigenvalue weighted by atomic mass is 16.6. The fourth-order valence-electron chi connectivity index (χ4n) is 1.61. The first-order valence-electron chi connectivity index (χ1n) is 7.63. The molecule has 0 fully saturated rings. The van der Waals surface area contributed by atoms with Crippen molar-refractivity contribution in [3.05, 3.63) is 0 Å². The second-order valence-corrected chi connectivity index (χ2v) is 5.96. The second-order valence-electron chi connectivity index (χ2n) is 5.96. The first-order chi connectivity index (χ1) is 10.7. The maximum absolute atomic E-state index is 12.0. The number of amides is 3. The predicted molar refractivity (Wildman–Crippen MR) is 86.5 cm³/mol. The number of alkyl carbamates (subject to hydrolysis) is 1. The molecular weight excluding hydrogens is 302 g/mol. The summed E-state index contributed by atoms with van der Waals surface area (Å²) in [5.74, 6) is -0.647. The summed E-state index contributed by atoms with van der Waals surface area (Å²) in [5.41, 5.74) is 9.95. The van der Waals surface area contributed by atoms with Gasteiger partial charge in [0.1, 0.15) is 11.6 Å². The van der Waals surface area contributed by atoms with E-state index in [0.717, 1.165) is 0 Å². The van der Waals surface area contributed by atoms with Crippen LogP contribution in [0.3, 0.4) is 0 Å². The van der Waals surface area contributed by atoms with Crippen molar-refractivity contribution in [2.75, 3.05) is 26.2 Å². The number of hydrogen-bond donors (Lipinski definition) is 5. The molecule has 0 aromatic carbocycles. The van der Waals surface area contributed by atoms with Gasteiger partial charge in [-0.05, 0) is 27.2 Å². The van der Waals surface area contributed by atoms with E-state index in [9.17, 15) is 14.4 Å². The van der Waals surface area contributed by atoms with E-state index in [2.05, 4.69) is 16.0 Å². The van der Waals surface area contributed by atoms with Gasteiger partial charge in [0.2, 0.25) is 11.8 Å². The van der Waals surface area contributed by atoms with Gasteiger partial charge in [-0.15, -0.1) is 0 Å². The quantitative estimate of drug-likeness (QED) is 0.359. The average molecular weight is 331 g/mol. The molecular formula is C14H29N5O4. The van der Waals surface area contributed by atoms with Crippen LogP contribution in [0.15, 0.2) is 0 Å². The lowest BCUT2D eigenvalue weighted by Crippen LogP contribution is -2.49. The van der Waals surface area contributed by atoms with Crippen molar-refractivity contribution in [3.63, 3.8) is 0 Å². The maximum Gasteiger partial charge on any atom is 0.408 e. The highest BCUT2D eigenvalue weighted by molar-refractivity contribution is 5.86. The van der Waals surface area contributed by atoms with E-state index >= 15 is 0 Å². The van der Waals surface area contributed by atoms with E-state index in [1.54, 1.807) is 20.8 Å². The molecule has 3 amide bonds. The first kappa shape index (κ1) is 21.1. The van der Waals surface area contributed by atoms with Gasteiger partial charge >= 0.3 is 6.09 Å². The van der Waals surface area contributed by atoms with Crippen LogP contribution in [-0.4, -0.2) is 55.7 Å². The van der Waals surface area contributed by atoms with Crippen molar-refractivity contribution in [2.45, 2.75) is 45.3 Å². The van der Waals surface area contributed by atoms with Crippen LogP contribution in [0.4, 0.5) is 4.79 Å². The standard InChI is InChI=1S/C14H29N5O4/c1-14(2,3)23-13(22)19-10(12(21)18-9-7-16)4-5-11(20)17-8-6-15/h10H,4-9,15-16H2,1-3H3,(H,17,20)(H,18,21)(H,19,22)/t10-/m1/s1. The third-order valence-electron chi connectivity index (χ3n) is 2.58. The molecule has 23 heavy (non-hydrogen) atoms. The minimum absolute atomic E-state index is 0.0799. The van der Waals surface area contributed by atoms with Crippen molar-refractivity contribution in [1.29, 1.82) is 0 Å². The summed E-state index contributed by atoms with van der Waals surface area (Å²) in [6.45, 7) is 6.42. The molecule has 1 atom stereocenters. The van der Waals surface area contributed by atoms with Crippen molar-refractivity contribution in [1.82, 2.24) is 16.0 Å². The fraction of sp³-hybridized carbons (Fsp3) is 0.786. The molecule has 0 rings (SSSR count). The second kappa shape index (κ2) is 10.8. The van der Waals surface area contributed by atoms with E-state index in [4.69, 9.17) is 16.2 Å².